The topological polar surface area (TPSA) is 298 Å². The number of aromatic carboxylic acids is 2. The van der Waals surface area contributed by atoms with Crippen LogP contribution in [0.25, 0.3) is 10.1 Å². The van der Waals surface area contributed by atoms with Gasteiger partial charge >= 0.3 is 634 Å². The number of hydrogen-bond donors (Lipinski definition) is 8. The summed E-state index contributed by atoms with van der Waals surface area (Å²) in [6.07, 6.45) is -9.09. The second-order valence-corrected chi connectivity index (χ2v) is 47.1. The van der Waals surface area contributed by atoms with Crippen LogP contribution in [0, 0.1) is 23.3 Å². The number of aryl methyl sites for hydroxylation is 2. The third kappa shape index (κ3) is 34.3. The van der Waals surface area contributed by atoms with Crippen molar-refractivity contribution >= 4 is 280 Å². The number of benzene rings is 4. The number of para-hydroxylation sites is 4. The summed E-state index contributed by atoms with van der Waals surface area (Å²) < 4.78 is 138. The number of alkyl halides is 6. The normalized spacial score (nSPS) is 10.3. The molecule has 13 aromatic rings. The molecular weight excluding hydrogens is 2340 g/mol. The number of carbonyl (C=O) groups excluding carboxylic acids is 5. The predicted molar refractivity (Wildman–Crippen MR) is 436 cm³/mol. The molecule has 0 aliphatic heterocycles. The van der Waals surface area contributed by atoms with E-state index in [0.29, 0.717) is 38.4 Å². The quantitative estimate of drug-likeness (QED) is 0.0244. The fourth-order valence-corrected chi connectivity index (χ4v) is 22.6. The van der Waals surface area contributed by atoms with Crippen LogP contribution in [-0.2, 0) is 26.4 Å². The standard InChI is InChI=1S/C16H11F4N3OSe.2C11H7BrFNOSe.C6H6FN.C5H6BF3N2O2.2C5H2BrClOSe.C5H3BrO2Se.C5H4O2Se/c1-23-11(8-14(22-23)16(18,19)20)12-6-7-13(25-12)15(24)21-10-5-3-2-4-9(10)17;2*12-10-6-5-9(16-10)11(15)14-8-4-2-1-3-7(8)13;7-5-3-1-2-4-6(5)8;1-11-4(6(12)13)2-3(10-11)5(7,8)9;3*6-4-2-1-3(9-4)5(7)8;6-5(7)4-2-1-3-8-4/h2-8H,1H3,(H,21,24);2*1-6H,(H,14,15);1-4H,8H2;2,12-13H,1H3;2*1-2H;1-2H,(H,7,8);1-3H,(H,6,7). The molecule has 19 nitrogen and oxygen atoms in total. The fraction of sp³-hybridized carbons (Fsp3) is 0.0580. The van der Waals surface area contributed by atoms with Gasteiger partial charge in [-0.05, 0) is 18.2 Å². The van der Waals surface area contributed by atoms with E-state index in [0.717, 1.165) is 41.0 Å². The molecular formula is C69H48BBr5Cl2F10N8O11Se7. The Labute approximate surface area is 728 Å². The van der Waals surface area contributed by atoms with Crippen molar-refractivity contribution in [2.45, 2.75) is 12.4 Å². The molecule has 113 heavy (non-hydrogen) atoms. The minimum absolute atomic E-state index is 0.00462. The summed E-state index contributed by atoms with van der Waals surface area (Å²) in [4.78, 5) is 78.8. The van der Waals surface area contributed by atoms with Crippen LogP contribution in [0.4, 0.5) is 66.7 Å². The van der Waals surface area contributed by atoms with Gasteiger partial charge in [-0.15, -0.1) is 0 Å². The third-order valence-electron chi connectivity index (χ3n) is 12.6. The van der Waals surface area contributed by atoms with Gasteiger partial charge in [0, 0.05) is 7.05 Å². The SMILES string of the molecule is Cn1nc(C(F)(F)F)cc1-c1ccc(C(=O)Nc2ccccc2F)[se]1.Cn1nc(C(F)(F)F)cc1B(O)O.Nc1ccccc1F.O=C(Cl)c1ccc(Br)[se]1.O=C(Cl)c1ccc(Br)[se]1.O=C(Nc1ccccc1F)c1ccc(Br)[se]1.O=C(Nc1ccccc1F)c1ccc(Br)[se]1.O=C(O)c1ccc(Br)[se]1.O=C(O)c1ccc[se]1. The number of nitrogens with one attached hydrogen (secondary N) is 3. The second kappa shape index (κ2) is 48.1. The van der Waals surface area contributed by atoms with Crippen molar-refractivity contribution in [3.05, 3.63) is 282 Å². The Hall–Kier alpha value is -5.95. The number of rotatable bonds is 12. The van der Waals surface area contributed by atoms with Crippen LogP contribution in [0.5, 0.6) is 0 Å². The van der Waals surface area contributed by atoms with E-state index in [1.165, 1.54) is 74.8 Å². The number of nitrogens with zero attached hydrogens (tertiary/aromatic N) is 4. The van der Waals surface area contributed by atoms with Gasteiger partial charge in [-0.1, -0.05) is 12.1 Å². The van der Waals surface area contributed by atoms with Gasteiger partial charge in [0.1, 0.15) is 5.82 Å². The Bertz CT molecular complexity index is 5100. The van der Waals surface area contributed by atoms with Gasteiger partial charge in [0.2, 0.25) is 0 Å². The average molecular weight is 2390 g/mol. The molecule has 4 aromatic carbocycles. The number of nitrogens with two attached hydrogens (primary N) is 1. The maximum atomic E-state index is 13.6. The van der Waals surface area contributed by atoms with E-state index >= 15 is 0 Å². The molecule has 3 amide bonds. The molecule has 0 aliphatic carbocycles. The number of hydrogen-bond acceptors (Lipinski definition) is 12. The van der Waals surface area contributed by atoms with Gasteiger partial charge in [0.05, 0.1) is 11.3 Å². The van der Waals surface area contributed by atoms with E-state index < -0.39 is 80.7 Å². The first-order chi connectivity index (χ1) is 53.1. The molecule has 13 rings (SSSR count). The van der Waals surface area contributed by atoms with Crippen molar-refractivity contribution in [3.8, 4) is 10.1 Å². The van der Waals surface area contributed by atoms with Gasteiger partial charge in [-0.25, -0.2) is 4.39 Å². The average Bonchev–Trinajstić information content (AvgIpc) is 1.65. The number of carbonyl (C=O) groups is 7. The molecule has 0 radical (unpaired) electrons. The number of carboxylic acid groups (broad SMARTS) is 2. The van der Waals surface area contributed by atoms with Crippen LogP contribution in [0.15, 0.2) is 216 Å². The Morgan fingerprint density at radius 1 is 0.425 bits per heavy atom. The van der Waals surface area contributed by atoms with Gasteiger partial charge in [0.25, 0.3) is 0 Å². The van der Waals surface area contributed by atoms with E-state index in [9.17, 15) is 77.5 Å². The van der Waals surface area contributed by atoms with Crippen LogP contribution in [-0.4, -0.2) is 189 Å². The molecule has 44 heteroatoms. The number of carboxylic acids is 2. The Kier molecular flexibility index (Phi) is 41.5. The fourth-order valence-electron chi connectivity index (χ4n) is 7.55. The van der Waals surface area contributed by atoms with Crippen molar-refractivity contribution in [3.63, 3.8) is 0 Å². The summed E-state index contributed by atoms with van der Waals surface area (Å²) in [5.74, 6) is -4.30. The zero-order valence-electron chi connectivity index (χ0n) is 56.4. The molecule has 0 saturated carbocycles. The number of nitrogen functional groups attached to an aromatic ring is 1. The number of anilines is 4. The van der Waals surface area contributed by atoms with Crippen molar-refractivity contribution in [1.29, 1.82) is 0 Å². The van der Waals surface area contributed by atoms with E-state index in [1.54, 1.807) is 97.1 Å². The molecule has 9 heterocycles. The first-order valence-electron chi connectivity index (χ1n) is 30.1. The molecule has 9 N–H and O–H groups in total. The van der Waals surface area contributed by atoms with Gasteiger partial charge in [0.15, 0.2) is 5.69 Å². The zero-order valence-corrected chi connectivity index (χ0v) is 77.9. The van der Waals surface area contributed by atoms with Gasteiger partial charge in [-0.3, -0.25) is 4.68 Å². The first-order valence-corrected chi connectivity index (χ1v) is 47.0. The zero-order chi connectivity index (χ0) is 84.0. The Balaban J connectivity index is 0.000000234. The van der Waals surface area contributed by atoms with Crippen molar-refractivity contribution < 1.29 is 97.7 Å². The minimum atomic E-state index is -4.56. The summed E-state index contributed by atoms with van der Waals surface area (Å²) in [6, 6.07) is 50.0. The monoisotopic (exact) mass is 2390 g/mol. The summed E-state index contributed by atoms with van der Waals surface area (Å²) in [6.45, 7) is 0. The van der Waals surface area contributed by atoms with Crippen molar-refractivity contribution in [2.75, 3.05) is 21.7 Å². The summed E-state index contributed by atoms with van der Waals surface area (Å²) in [5, 5.41) is 47.4. The number of amides is 3. The van der Waals surface area contributed by atoms with Crippen LogP contribution < -0.4 is 27.3 Å². The predicted octanol–water partition coefficient (Wildman–Crippen LogP) is 15.3. The molecule has 0 bridgehead atoms. The summed E-state index contributed by atoms with van der Waals surface area (Å²) >= 11 is 26.7. The maximum absolute atomic E-state index is 13.6. The molecule has 594 valence electrons. The van der Waals surface area contributed by atoms with Crippen molar-refractivity contribution in [1.82, 2.24) is 19.6 Å². The number of aromatic nitrogens is 4. The Morgan fingerprint density at radius 2 is 0.752 bits per heavy atom. The van der Waals surface area contributed by atoms with Crippen LogP contribution in [0.3, 0.4) is 0 Å². The van der Waals surface area contributed by atoms with Gasteiger partial charge < -0.3 is 15.8 Å². The molecule has 0 fully saturated rings. The molecule has 0 spiro atoms. The van der Waals surface area contributed by atoms with E-state index in [2.05, 4.69) is 106 Å². The van der Waals surface area contributed by atoms with Gasteiger partial charge in [-0.2, -0.15) is 18.3 Å². The first kappa shape index (κ1) is 97.6. The van der Waals surface area contributed by atoms with E-state index in [-0.39, 0.29) is 143 Å². The van der Waals surface area contributed by atoms with E-state index in [1.807, 2.05) is 29.2 Å². The molecule has 9 aromatic heterocycles. The van der Waals surface area contributed by atoms with E-state index in [4.69, 9.17) is 49.2 Å². The number of halogens is 17. The second-order valence-electron chi connectivity index (χ2n) is 20.6. The van der Waals surface area contributed by atoms with Crippen LogP contribution >= 0.6 is 103 Å². The van der Waals surface area contributed by atoms with Crippen molar-refractivity contribution in [2.24, 2.45) is 14.1 Å². The molecule has 0 aliphatic rings. The third-order valence-corrected chi connectivity index (χ3v) is 32.3. The van der Waals surface area contributed by atoms with Crippen LogP contribution in [0.2, 0.25) is 0 Å². The molecule has 0 atom stereocenters. The van der Waals surface area contributed by atoms with Crippen LogP contribution in [0.1, 0.15) is 76.0 Å². The molecule has 0 unspecified atom stereocenters. The Morgan fingerprint density at radius 3 is 1.00 bits per heavy atom. The summed E-state index contributed by atoms with van der Waals surface area (Å²) in [5.41, 5.74) is 3.71. The summed E-state index contributed by atoms with van der Waals surface area (Å²) in [7, 11) is 0.664. The molecule has 0 saturated heterocycles.